The lowest BCUT2D eigenvalue weighted by Gasteiger charge is -2.24. The zero-order chi connectivity index (χ0) is 41.3. The Kier molecular flexibility index (Phi) is 9.75. The summed E-state index contributed by atoms with van der Waals surface area (Å²) >= 11 is 0. The Bertz CT molecular complexity index is 3080. The summed E-state index contributed by atoms with van der Waals surface area (Å²) in [5, 5.41) is 11.5. The molecular weight excluding hydrogens is 737 g/mol. The van der Waals surface area contributed by atoms with Crippen molar-refractivity contribution in [2.75, 3.05) is 0 Å². The molecule has 0 heterocycles. The van der Waals surface area contributed by atoms with E-state index in [1.54, 1.807) is 0 Å². The van der Waals surface area contributed by atoms with Crippen molar-refractivity contribution in [3.8, 4) is 55.6 Å². The second-order valence-electron chi connectivity index (χ2n) is 16.3. The van der Waals surface area contributed by atoms with Gasteiger partial charge in [-0.1, -0.05) is 214 Å². The Balaban J connectivity index is 1.04. The number of aliphatic imine (C=N–C) groups is 1. The molecule has 1 aliphatic carbocycles. The molecule has 9 aromatic carbocycles. The van der Waals surface area contributed by atoms with Gasteiger partial charge in [-0.3, -0.25) is 5.41 Å². The molecule has 0 amide bonds. The third-order valence-corrected chi connectivity index (χ3v) is 12.2. The summed E-state index contributed by atoms with van der Waals surface area (Å²) in [6.07, 6.45) is 4.23. The molecule has 0 radical (unpaired) electrons. The standard InChI is InChI=1S/C59H44N2/c1-59(2)55-28-15-14-25-53(55)54-27-16-26-51(57(54)59)44-31-29-42(30-32-44)50-35-33-43(49-23-12-13-24-52(49)50)34-36-56(61-58(60)45-21-10-5-11-22-45)48-38-46(40-17-6-3-7-18-40)37-47(39-48)41-19-8-4-9-20-41/h3-39,60H,1-2H3/b36-34+,60-58?,61-56?. The normalized spacial score (nSPS) is 13.0. The van der Waals surface area contributed by atoms with Crippen LogP contribution in [0.4, 0.5) is 0 Å². The number of benzene rings is 9. The minimum absolute atomic E-state index is 0.0813. The van der Waals surface area contributed by atoms with Crippen molar-refractivity contribution in [2.45, 2.75) is 19.3 Å². The van der Waals surface area contributed by atoms with Crippen LogP contribution in [0.2, 0.25) is 0 Å². The number of allylic oxidation sites excluding steroid dienone is 1. The molecule has 290 valence electrons. The lowest BCUT2D eigenvalue weighted by molar-refractivity contribution is 0.662. The third-order valence-electron chi connectivity index (χ3n) is 12.2. The van der Waals surface area contributed by atoms with Gasteiger partial charge in [0.1, 0.15) is 0 Å². The van der Waals surface area contributed by atoms with Crippen LogP contribution in [0.5, 0.6) is 0 Å². The highest BCUT2D eigenvalue weighted by molar-refractivity contribution is 6.19. The minimum atomic E-state index is -0.0813. The van der Waals surface area contributed by atoms with Crippen LogP contribution in [-0.2, 0) is 5.41 Å². The van der Waals surface area contributed by atoms with E-state index < -0.39 is 0 Å². The molecule has 61 heavy (non-hydrogen) atoms. The van der Waals surface area contributed by atoms with Crippen LogP contribution in [0.25, 0.3) is 72.5 Å². The molecule has 2 nitrogen and oxygen atoms in total. The highest BCUT2D eigenvalue weighted by Gasteiger charge is 2.37. The highest BCUT2D eigenvalue weighted by atomic mass is 14.8. The smallest absolute Gasteiger partial charge is 0.152 e. The first-order valence-electron chi connectivity index (χ1n) is 21.0. The van der Waals surface area contributed by atoms with Crippen molar-refractivity contribution < 1.29 is 0 Å². The summed E-state index contributed by atoms with van der Waals surface area (Å²) in [5.41, 5.74) is 18.2. The summed E-state index contributed by atoms with van der Waals surface area (Å²) in [7, 11) is 0. The number of rotatable bonds is 8. The number of nitrogens with zero attached hydrogens (tertiary/aromatic N) is 1. The molecule has 0 bridgehead atoms. The van der Waals surface area contributed by atoms with Gasteiger partial charge in [0.05, 0.1) is 5.71 Å². The average molecular weight is 781 g/mol. The summed E-state index contributed by atoms with van der Waals surface area (Å²) in [4.78, 5) is 5.04. The zero-order valence-electron chi connectivity index (χ0n) is 34.3. The van der Waals surface area contributed by atoms with E-state index >= 15 is 0 Å². The van der Waals surface area contributed by atoms with Gasteiger partial charge in [-0.25, -0.2) is 4.99 Å². The van der Waals surface area contributed by atoms with E-state index in [0.717, 1.165) is 44.3 Å². The first-order chi connectivity index (χ1) is 29.9. The predicted molar refractivity (Wildman–Crippen MR) is 259 cm³/mol. The fourth-order valence-corrected chi connectivity index (χ4v) is 9.15. The van der Waals surface area contributed by atoms with E-state index in [4.69, 9.17) is 10.4 Å². The largest absolute Gasteiger partial charge is 0.282 e. The van der Waals surface area contributed by atoms with Gasteiger partial charge in [0.2, 0.25) is 0 Å². The van der Waals surface area contributed by atoms with Crippen molar-refractivity contribution >= 4 is 28.4 Å². The fourth-order valence-electron chi connectivity index (χ4n) is 9.15. The summed E-state index contributed by atoms with van der Waals surface area (Å²) in [6.45, 7) is 4.70. The molecule has 0 unspecified atom stereocenters. The Morgan fingerprint density at radius 1 is 0.426 bits per heavy atom. The fraction of sp³-hybridized carbons (Fsp3) is 0.0508. The monoisotopic (exact) mass is 780 g/mol. The maximum atomic E-state index is 9.12. The Morgan fingerprint density at radius 2 is 0.967 bits per heavy atom. The van der Waals surface area contributed by atoms with Crippen molar-refractivity contribution in [1.82, 2.24) is 0 Å². The Labute approximate surface area is 358 Å². The van der Waals surface area contributed by atoms with E-state index in [1.807, 2.05) is 42.5 Å². The van der Waals surface area contributed by atoms with Gasteiger partial charge in [-0.05, 0) is 107 Å². The molecule has 0 fully saturated rings. The second kappa shape index (κ2) is 15.8. The molecule has 0 spiro atoms. The van der Waals surface area contributed by atoms with Crippen molar-refractivity contribution in [1.29, 1.82) is 5.41 Å². The summed E-state index contributed by atoms with van der Waals surface area (Å²) < 4.78 is 0. The lowest BCUT2D eigenvalue weighted by atomic mass is 9.79. The van der Waals surface area contributed by atoms with Crippen molar-refractivity contribution in [2.24, 2.45) is 4.99 Å². The summed E-state index contributed by atoms with van der Waals surface area (Å²) in [6, 6.07) is 75.1. The van der Waals surface area contributed by atoms with E-state index in [1.165, 1.54) is 49.9 Å². The molecular formula is C59H44N2. The van der Waals surface area contributed by atoms with Gasteiger partial charge in [0.15, 0.2) is 5.84 Å². The molecule has 1 N–H and O–H groups in total. The quantitative estimate of drug-likeness (QED) is 0.118. The third kappa shape index (κ3) is 7.13. The van der Waals surface area contributed by atoms with Crippen LogP contribution >= 0.6 is 0 Å². The Morgan fingerprint density at radius 3 is 1.64 bits per heavy atom. The van der Waals surface area contributed by atoms with Crippen LogP contribution < -0.4 is 0 Å². The van der Waals surface area contributed by atoms with Gasteiger partial charge in [-0.2, -0.15) is 0 Å². The number of hydrogen-bond acceptors (Lipinski definition) is 1. The molecule has 0 saturated carbocycles. The summed E-state index contributed by atoms with van der Waals surface area (Å²) in [5.74, 6) is 0.212. The molecule has 2 heteroatoms. The number of amidine groups is 1. The van der Waals surface area contributed by atoms with Crippen LogP contribution in [0.1, 0.15) is 41.7 Å². The zero-order valence-corrected chi connectivity index (χ0v) is 34.3. The first-order valence-corrected chi connectivity index (χ1v) is 21.0. The van der Waals surface area contributed by atoms with Gasteiger partial charge in [0.25, 0.3) is 0 Å². The maximum Gasteiger partial charge on any atom is 0.152 e. The topological polar surface area (TPSA) is 36.2 Å². The van der Waals surface area contributed by atoms with E-state index in [2.05, 4.69) is 196 Å². The molecule has 0 aromatic heterocycles. The van der Waals surface area contributed by atoms with Gasteiger partial charge >= 0.3 is 0 Å². The SMILES string of the molecule is CC1(C)c2ccccc2-c2cccc(-c3ccc(-c4ccc(/C=C/C(=NC(=N)c5ccccc5)c5cc(-c6ccccc6)cc(-c6ccccc6)c5)c5ccccc45)cc3)c21. The van der Waals surface area contributed by atoms with Crippen molar-refractivity contribution in [3.63, 3.8) is 0 Å². The maximum absolute atomic E-state index is 9.12. The van der Waals surface area contributed by atoms with Gasteiger partial charge < -0.3 is 0 Å². The predicted octanol–water partition coefficient (Wildman–Crippen LogP) is 15.3. The van der Waals surface area contributed by atoms with Crippen LogP contribution in [0.3, 0.4) is 0 Å². The van der Waals surface area contributed by atoms with E-state index in [0.29, 0.717) is 5.71 Å². The number of nitrogens with one attached hydrogen (secondary N) is 1. The van der Waals surface area contributed by atoms with Crippen LogP contribution in [-0.4, -0.2) is 11.5 Å². The molecule has 9 aromatic rings. The second-order valence-corrected chi connectivity index (χ2v) is 16.3. The van der Waals surface area contributed by atoms with Crippen LogP contribution in [0, 0.1) is 5.41 Å². The minimum Gasteiger partial charge on any atom is -0.282 e. The number of hydrogen-bond donors (Lipinski definition) is 1. The average Bonchev–Trinajstić information content (AvgIpc) is 3.56. The highest BCUT2D eigenvalue weighted by Crippen LogP contribution is 2.52. The first kappa shape index (κ1) is 37.6. The van der Waals surface area contributed by atoms with Crippen molar-refractivity contribution in [3.05, 3.63) is 246 Å². The van der Waals surface area contributed by atoms with E-state index in [9.17, 15) is 0 Å². The number of fused-ring (bicyclic) bond motifs is 4. The molecule has 0 saturated heterocycles. The van der Waals surface area contributed by atoms with Gasteiger partial charge in [0, 0.05) is 16.5 Å². The van der Waals surface area contributed by atoms with Gasteiger partial charge in [-0.15, -0.1) is 0 Å². The van der Waals surface area contributed by atoms with Crippen LogP contribution in [0.15, 0.2) is 223 Å². The lowest BCUT2D eigenvalue weighted by Crippen LogP contribution is -2.16. The Hall–Kier alpha value is -7.68. The molecule has 1 aliphatic rings. The molecule has 0 atom stereocenters. The molecule has 10 rings (SSSR count). The van der Waals surface area contributed by atoms with E-state index in [-0.39, 0.29) is 11.3 Å². The molecule has 0 aliphatic heterocycles.